The Labute approximate surface area is 164 Å². The van der Waals surface area contributed by atoms with Crippen LogP contribution >= 0.6 is 0 Å². The lowest BCUT2D eigenvalue weighted by molar-refractivity contribution is 0.0944. The number of methoxy groups -OCH3 is 1. The monoisotopic (exact) mass is 377 g/mol. The van der Waals surface area contributed by atoms with Gasteiger partial charge in [0.1, 0.15) is 11.6 Å². The maximum atomic E-state index is 12.3. The molecule has 0 bridgehead atoms. The topological polar surface area (TPSA) is 83.5 Å². The first-order valence-corrected chi connectivity index (χ1v) is 9.30. The van der Waals surface area contributed by atoms with Gasteiger partial charge in [-0.3, -0.25) is 4.79 Å². The predicted molar refractivity (Wildman–Crippen MR) is 108 cm³/mol. The molecule has 1 aliphatic heterocycles. The molecule has 1 aliphatic carbocycles. The molecule has 144 valence electrons. The van der Waals surface area contributed by atoms with Crippen molar-refractivity contribution in [2.24, 2.45) is 0 Å². The Morgan fingerprint density at radius 3 is 2.96 bits per heavy atom. The molecule has 1 aromatic carbocycles. The Hall–Kier alpha value is -3.12. The fourth-order valence-corrected chi connectivity index (χ4v) is 3.90. The summed E-state index contributed by atoms with van der Waals surface area (Å²) in [5.74, 6) is 1.59. The normalized spacial score (nSPS) is 19.7. The molecule has 0 radical (unpaired) electrons. The average molecular weight is 377 g/mol. The number of pyridine rings is 1. The second kappa shape index (κ2) is 7.48. The lowest BCUT2D eigenvalue weighted by Gasteiger charge is -2.28. The quantitative estimate of drug-likeness (QED) is 0.746. The summed E-state index contributed by atoms with van der Waals surface area (Å²) >= 11 is 0. The van der Waals surface area contributed by atoms with Crippen LogP contribution in [0, 0.1) is 6.92 Å². The molecule has 2 heterocycles. The summed E-state index contributed by atoms with van der Waals surface area (Å²) in [5.41, 5.74) is 4.90. The Morgan fingerprint density at radius 1 is 1.32 bits per heavy atom. The number of hydrogen-bond acceptors (Lipinski definition) is 5. The number of carbonyl (C=O) groups is 1. The molecular weight excluding hydrogens is 354 g/mol. The van der Waals surface area contributed by atoms with Gasteiger partial charge in [-0.25, -0.2) is 4.98 Å². The first-order chi connectivity index (χ1) is 13.6. The molecule has 2 aromatic rings. The van der Waals surface area contributed by atoms with Crippen molar-refractivity contribution >= 4 is 17.3 Å². The van der Waals surface area contributed by atoms with Gasteiger partial charge in [-0.15, -0.1) is 0 Å². The average Bonchev–Trinajstić information content (AvgIpc) is 3.10. The van der Waals surface area contributed by atoms with Gasteiger partial charge in [0.05, 0.1) is 19.8 Å². The van der Waals surface area contributed by atoms with Gasteiger partial charge in [-0.1, -0.05) is 24.3 Å². The van der Waals surface area contributed by atoms with Crippen molar-refractivity contribution in [2.75, 3.05) is 25.6 Å². The van der Waals surface area contributed by atoms with E-state index in [0.29, 0.717) is 5.56 Å². The Morgan fingerprint density at radius 2 is 2.18 bits per heavy atom. The van der Waals surface area contributed by atoms with Crippen LogP contribution in [-0.4, -0.2) is 42.3 Å². The third-order valence-corrected chi connectivity index (χ3v) is 5.17. The zero-order valence-corrected chi connectivity index (χ0v) is 15.9. The largest absolute Gasteiger partial charge is 0.499 e. The van der Waals surface area contributed by atoms with E-state index in [1.807, 2.05) is 37.4 Å². The summed E-state index contributed by atoms with van der Waals surface area (Å²) in [7, 11) is 1.68. The van der Waals surface area contributed by atoms with E-state index in [2.05, 4.69) is 27.8 Å². The third-order valence-electron chi connectivity index (χ3n) is 5.17. The van der Waals surface area contributed by atoms with Gasteiger partial charge in [0.15, 0.2) is 0 Å². The molecule has 0 saturated heterocycles. The summed E-state index contributed by atoms with van der Waals surface area (Å²) in [4.78, 5) is 16.9. The summed E-state index contributed by atoms with van der Waals surface area (Å²) in [6.45, 7) is 2.18. The maximum Gasteiger partial charge on any atom is 0.251 e. The van der Waals surface area contributed by atoms with E-state index in [9.17, 15) is 4.79 Å². The number of nitrogens with zero attached hydrogens (tertiary/aromatic N) is 1. The van der Waals surface area contributed by atoms with Crippen LogP contribution in [0.15, 0.2) is 54.4 Å². The number of carbonyl (C=O) groups excluding carboxylic acids is 1. The van der Waals surface area contributed by atoms with Crippen LogP contribution in [-0.2, 0) is 4.74 Å². The van der Waals surface area contributed by atoms with Gasteiger partial charge in [-0.05, 0) is 41.8 Å². The van der Waals surface area contributed by atoms with Gasteiger partial charge < -0.3 is 20.5 Å². The number of allylic oxidation sites excluding steroid dienone is 2. The van der Waals surface area contributed by atoms with Crippen LogP contribution in [0.1, 0.15) is 33.0 Å². The van der Waals surface area contributed by atoms with Gasteiger partial charge in [0.2, 0.25) is 0 Å². The molecule has 2 atom stereocenters. The Balaban J connectivity index is 1.75. The number of benzene rings is 1. The van der Waals surface area contributed by atoms with E-state index in [0.717, 1.165) is 33.8 Å². The number of aromatic nitrogens is 1. The van der Waals surface area contributed by atoms with E-state index < -0.39 is 0 Å². The number of aryl methyl sites for hydroxylation is 1. The van der Waals surface area contributed by atoms with E-state index in [1.54, 1.807) is 13.2 Å². The molecule has 0 spiro atoms. The number of nitrogens with one attached hydrogen (secondary N) is 2. The maximum absolute atomic E-state index is 12.3. The summed E-state index contributed by atoms with van der Waals surface area (Å²) in [5, 5.41) is 15.1. The molecule has 0 fully saturated rings. The molecule has 6 nitrogen and oxygen atoms in total. The lowest BCUT2D eigenvalue weighted by atomic mass is 9.80. The van der Waals surface area contributed by atoms with Gasteiger partial charge in [-0.2, -0.15) is 0 Å². The summed E-state index contributed by atoms with van der Waals surface area (Å²) in [6, 6.07) is 9.69. The number of ether oxygens (including phenoxy) is 1. The standard InChI is InChI=1S/C22H23N3O3/c1-13-10-17-19-16(6-7-18(28-2)20(19)25-21(17)24-12-13)14-4-3-5-15(11-14)22(27)23-8-9-26/h3-7,10-12,19-20,26H,8-9H2,1-2H3,(H,23,27)(H,24,25). The van der Waals surface area contributed by atoms with Crippen LogP contribution in [0.4, 0.5) is 5.82 Å². The third kappa shape index (κ3) is 3.16. The Bertz CT molecular complexity index is 981. The van der Waals surface area contributed by atoms with Crippen molar-refractivity contribution < 1.29 is 14.6 Å². The van der Waals surface area contributed by atoms with Crippen molar-refractivity contribution in [1.29, 1.82) is 0 Å². The van der Waals surface area contributed by atoms with Crippen molar-refractivity contribution in [1.82, 2.24) is 10.3 Å². The van der Waals surface area contributed by atoms with Crippen LogP contribution in [0.2, 0.25) is 0 Å². The van der Waals surface area contributed by atoms with Gasteiger partial charge >= 0.3 is 0 Å². The molecular formula is C22H23N3O3. The second-order valence-corrected chi connectivity index (χ2v) is 7.01. The van der Waals surface area contributed by atoms with E-state index in [1.165, 1.54) is 0 Å². The smallest absolute Gasteiger partial charge is 0.251 e. The number of aliphatic hydroxyl groups excluding tert-OH is 1. The zero-order chi connectivity index (χ0) is 19.7. The predicted octanol–water partition coefficient (Wildman–Crippen LogP) is 2.62. The molecule has 1 aromatic heterocycles. The van der Waals surface area contributed by atoms with Crippen LogP contribution in [0.25, 0.3) is 5.57 Å². The minimum atomic E-state index is -0.195. The zero-order valence-electron chi connectivity index (χ0n) is 15.9. The Kier molecular flexibility index (Phi) is 4.88. The molecule has 4 rings (SSSR count). The molecule has 1 amide bonds. The molecule has 2 aliphatic rings. The van der Waals surface area contributed by atoms with Gasteiger partial charge in [0.25, 0.3) is 5.91 Å². The minimum Gasteiger partial charge on any atom is -0.499 e. The highest BCUT2D eigenvalue weighted by atomic mass is 16.5. The number of amides is 1. The van der Waals surface area contributed by atoms with Gasteiger partial charge in [0, 0.05) is 29.8 Å². The second-order valence-electron chi connectivity index (χ2n) is 7.01. The molecule has 2 unspecified atom stereocenters. The number of fused-ring (bicyclic) bond motifs is 3. The lowest BCUT2D eigenvalue weighted by Crippen LogP contribution is -2.28. The first-order valence-electron chi connectivity index (χ1n) is 9.30. The minimum absolute atomic E-state index is 0.0267. The fraction of sp³-hybridized carbons (Fsp3) is 0.273. The highest BCUT2D eigenvalue weighted by Gasteiger charge is 2.40. The highest BCUT2D eigenvalue weighted by molar-refractivity contribution is 5.95. The summed E-state index contributed by atoms with van der Waals surface area (Å²) < 4.78 is 5.60. The molecule has 28 heavy (non-hydrogen) atoms. The highest BCUT2D eigenvalue weighted by Crippen LogP contribution is 2.48. The number of hydrogen-bond donors (Lipinski definition) is 3. The van der Waals surface area contributed by atoms with Crippen molar-refractivity contribution in [3.63, 3.8) is 0 Å². The fourth-order valence-electron chi connectivity index (χ4n) is 3.90. The molecule has 6 heteroatoms. The molecule has 0 saturated carbocycles. The van der Waals surface area contributed by atoms with Crippen LogP contribution in [0.3, 0.4) is 0 Å². The number of anilines is 1. The van der Waals surface area contributed by atoms with Crippen molar-refractivity contribution in [2.45, 2.75) is 18.9 Å². The van der Waals surface area contributed by atoms with Crippen LogP contribution in [0.5, 0.6) is 0 Å². The van der Waals surface area contributed by atoms with E-state index >= 15 is 0 Å². The van der Waals surface area contributed by atoms with Crippen molar-refractivity contribution in [3.05, 3.63) is 76.7 Å². The number of rotatable bonds is 5. The number of aliphatic hydroxyl groups is 1. The van der Waals surface area contributed by atoms with E-state index in [4.69, 9.17) is 9.84 Å². The molecule has 3 N–H and O–H groups in total. The van der Waals surface area contributed by atoms with Crippen LogP contribution < -0.4 is 10.6 Å². The van der Waals surface area contributed by atoms with E-state index in [-0.39, 0.29) is 31.0 Å². The van der Waals surface area contributed by atoms with Crippen molar-refractivity contribution in [3.8, 4) is 0 Å². The summed E-state index contributed by atoms with van der Waals surface area (Å²) in [6.07, 6.45) is 5.89. The first kappa shape index (κ1) is 18.3. The SMILES string of the molecule is COC1=CC=C(c2cccc(C(=O)NCCO)c2)C2c3cc(C)cnc3NC12.